The molecule has 0 saturated carbocycles. The van der Waals surface area contributed by atoms with Crippen molar-refractivity contribution in [3.63, 3.8) is 0 Å². The average Bonchev–Trinajstić information content (AvgIpc) is 3.02. The van der Waals surface area contributed by atoms with Gasteiger partial charge in [-0.3, -0.25) is 4.79 Å². The molecule has 1 fully saturated rings. The molecule has 1 aliphatic heterocycles. The van der Waals surface area contributed by atoms with Crippen molar-refractivity contribution in [1.82, 2.24) is 0 Å². The molecule has 3 nitrogen and oxygen atoms in total. The SMILES string of the molecule is O=C(Nc1ccc(N2CCCC2)cc1)c1ccccc1I. The lowest BCUT2D eigenvalue weighted by molar-refractivity contribution is 0.102. The number of rotatable bonds is 3. The Hall–Kier alpha value is -1.56. The van der Waals surface area contributed by atoms with Crippen molar-refractivity contribution in [3.05, 3.63) is 57.7 Å². The van der Waals surface area contributed by atoms with E-state index in [1.807, 2.05) is 36.4 Å². The number of amides is 1. The van der Waals surface area contributed by atoms with E-state index in [1.54, 1.807) is 0 Å². The fourth-order valence-corrected chi connectivity index (χ4v) is 3.21. The van der Waals surface area contributed by atoms with Gasteiger partial charge in [0.25, 0.3) is 5.91 Å². The number of carbonyl (C=O) groups is 1. The lowest BCUT2D eigenvalue weighted by Gasteiger charge is -2.17. The fourth-order valence-electron chi connectivity index (χ4n) is 2.57. The van der Waals surface area contributed by atoms with E-state index in [-0.39, 0.29) is 5.91 Å². The molecule has 0 bridgehead atoms. The lowest BCUT2D eigenvalue weighted by Crippen LogP contribution is -2.17. The molecule has 2 aromatic rings. The van der Waals surface area contributed by atoms with Crippen LogP contribution in [0.4, 0.5) is 11.4 Å². The van der Waals surface area contributed by atoms with E-state index in [0.29, 0.717) is 5.56 Å². The molecule has 0 aromatic heterocycles. The third-order valence-corrected chi connectivity index (χ3v) is 4.66. The summed E-state index contributed by atoms with van der Waals surface area (Å²) in [6.07, 6.45) is 2.54. The third kappa shape index (κ3) is 3.37. The Kier molecular flexibility index (Phi) is 4.43. The molecule has 21 heavy (non-hydrogen) atoms. The minimum absolute atomic E-state index is 0.0612. The molecule has 1 aliphatic rings. The Morgan fingerprint density at radius 3 is 2.33 bits per heavy atom. The Labute approximate surface area is 138 Å². The Morgan fingerprint density at radius 2 is 1.67 bits per heavy atom. The van der Waals surface area contributed by atoms with Gasteiger partial charge in [0.05, 0.1) is 5.56 Å². The molecule has 1 heterocycles. The van der Waals surface area contributed by atoms with Gasteiger partial charge in [-0.15, -0.1) is 0 Å². The van der Waals surface area contributed by atoms with Gasteiger partial charge in [0.15, 0.2) is 0 Å². The Morgan fingerprint density at radius 1 is 1.00 bits per heavy atom. The van der Waals surface area contributed by atoms with E-state index < -0.39 is 0 Å². The van der Waals surface area contributed by atoms with Gasteiger partial charge in [0.1, 0.15) is 0 Å². The predicted molar refractivity (Wildman–Crippen MR) is 95.0 cm³/mol. The van der Waals surface area contributed by atoms with Crippen LogP contribution >= 0.6 is 22.6 Å². The van der Waals surface area contributed by atoms with E-state index in [0.717, 1.165) is 22.3 Å². The zero-order valence-electron chi connectivity index (χ0n) is 11.7. The second kappa shape index (κ2) is 6.47. The van der Waals surface area contributed by atoms with E-state index >= 15 is 0 Å². The summed E-state index contributed by atoms with van der Waals surface area (Å²) < 4.78 is 0.960. The molecule has 108 valence electrons. The van der Waals surface area contributed by atoms with E-state index in [9.17, 15) is 4.79 Å². The van der Waals surface area contributed by atoms with Gasteiger partial charge in [0.2, 0.25) is 0 Å². The van der Waals surface area contributed by atoms with Crippen LogP contribution < -0.4 is 10.2 Å². The Balaban J connectivity index is 1.70. The molecule has 2 aromatic carbocycles. The van der Waals surface area contributed by atoms with Gasteiger partial charge in [-0.25, -0.2) is 0 Å². The number of anilines is 2. The van der Waals surface area contributed by atoms with Crippen LogP contribution in [0.5, 0.6) is 0 Å². The summed E-state index contributed by atoms with van der Waals surface area (Å²) in [4.78, 5) is 14.6. The zero-order valence-corrected chi connectivity index (χ0v) is 13.8. The van der Waals surface area contributed by atoms with Crippen molar-refractivity contribution in [2.24, 2.45) is 0 Å². The van der Waals surface area contributed by atoms with Crippen LogP contribution in [0.1, 0.15) is 23.2 Å². The summed E-state index contributed by atoms with van der Waals surface area (Å²) in [5, 5.41) is 2.95. The molecular weight excluding hydrogens is 375 g/mol. The first-order valence-corrected chi connectivity index (χ1v) is 8.23. The maximum absolute atomic E-state index is 12.2. The van der Waals surface area contributed by atoms with Crippen LogP contribution in [0.15, 0.2) is 48.5 Å². The van der Waals surface area contributed by atoms with Gasteiger partial charge in [-0.05, 0) is 71.8 Å². The number of hydrogen-bond donors (Lipinski definition) is 1. The number of nitrogens with one attached hydrogen (secondary N) is 1. The largest absolute Gasteiger partial charge is 0.372 e. The number of halogens is 1. The van der Waals surface area contributed by atoms with Crippen molar-refractivity contribution in [2.45, 2.75) is 12.8 Å². The standard InChI is InChI=1S/C17H17IN2O/c18-16-6-2-1-5-15(16)17(21)19-13-7-9-14(10-8-13)20-11-3-4-12-20/h1-2,5-10H,3-4,11-12H2,(H,19,21). The van der Waals surface area contributed by atoms with Crippen LogP contribution in [0.3, 0.4) is 0 Å². The topological polar surface area (TPSA) is 32.3 Å². The quantitative estimate of drug-likeness (QED) is 0.797. The van der Waals surface area contributed by atoms with Gasteiger partial charge < -0.3 is 10.2 Å². The molecule has 0 spiro atoms. The molecule has 1 saturated heterocycles. The zero-order chi connectivity index (χ0) is 14.7. The third-order valence-electron chi connectivity index (χ3n) is 3.71. The van der Waals surface area contributed by atoms with Gasteiger partial charge in [-0.1, -0.05) is 12.1 Å². The van der Waals surface area contributed by atoms with Crippen molar-refractivity contribution < 1.29 is 4.79 Å². The maximum atomic E-state index is 12.2. The molecule has 1 amide bonds. The van der Waals surface area contributed by atoms with Gasteiger partial charge in [-0.2, -0.15) is 0 Å². The van der Waals surface area contributed by atoms with Crippen LogP contribution in [-0.4, -0.2) is 19.0 Å². The minimum Gasteiger partial charge on any atom is -0.372 e. The first-order chi connectivity index (χ1) is 10.2. The summed E-state index contributed by atoms with van der Waals surface area (Å²) in [6, 6.07) is 15.7. The summed E-state index contributed by atoms with van der Waals surface area (Å²) in [5.74, 6) is -0.0612. The molecule has 0 atom stereocenters. The second-order valence-corrected chi connectivity index (χ2v) is 6.34. The highest BCUT2D eigenvalue weighted by molar-refractivity contribution is 14.1. The number of benzene rings is 2. The van der Waals surface area contributed by atoms with Crippen molar-refractivity contribution in [3.8, 4) is 0 Å². The minimum atomic E-state index is -0.0612. The van der Waals surface area contributed by atoms with Crippen LogP contribution in [0.2, 0.25) is 0 Å². The Bertz CT molecular complexity index is 633. The predicted octanol–water partition coefficient (Wildman–Crippen LogP) is 4.14. The average molecular weight is 392 g/mol. The molecule has 3 rings (SSSR count). The number of nitrogens with zero attached hydrogens (tertiary/aromatic N) is 1. The smallest absolute Gasteiger partial charge is 0.256 e. The molecule has 0 radical (unpaired) electrons. The molecule has 4 heteroatoms. The van der Waals surface area contributed by atoms with Crippen LogP contribution in [-0.2, 0) is 0 Å². The summed E-state index contributed by atoms with van der Waals surface area (Å²) >= 11 is 2.18. The van der Waals surface area contributed by atoms with E-state index in [1.165, 1.54) is 18.5 Å². The first-order valence-electron chi connectivity index (χ1n) is 7.15. The van der Waals surface area contributed by atoms with Crippen molar-refractivity contribution in [2.75, 3.05) is 23.3 Å². The van der Waals surface area contributed by atoms with E-state index in [4.69, 9.17) is 0 Å². The number of carbonyl (C=O) groups excluding carboxylic acids is 1. The lowest BCUT2D eigenvalue weighted by atomic mass is 10.2. The molecule has 1 N–H and O–H groups in total. The normalized spacial score (nSPS) is 14.2. The number of hydrogen-bond acceptors (Lipinski definition) is 2. The highest BCUT2D eigenvalue weighted by Gasteiger charge is 2.13. The van der Waals surface area contributed by atoms with Gasteiger partial charge >= 0.3 is 0 Å². The first kappa shape index (κ1) is 14.4. The molecule has 0 aliphatic carbocycles. The molecular formula is C17H17IN2O. The van der Waals surface area contributed by atoms with E-state index in [2.05, 4.69) is 44.9 Å². The molecule has 0 unspecified atom stereocenters. The second-order valence-electron chi connectivity index (χ2n) is 5.17. The summed E-state index contributed by atoms with van der Waals surface area (Å²) in [7, 11) is 0. The van der Waals surface area contributed by atoms with Gasteiger partial charge in [0, 0.05) is 28.0 Å². The maximum Gasteiger partial charge on any atom is 0.256 e. The summed E-state index contributed by atoms with van der Waals surface area (Å²) in [5.41, 5.74) is 2.78. The van der Waals surface area contributed by atoms with Crippen LogP contribution in [0, 0.1) is 3.57 Å². The van der Waals surface area contributed by atoms with Crippen LogP contribution in [0.25, 0.3) is 0 Å². The highest BCUT2D eigenvalue weighted by atomic mass is 127. The fraction of sp³-hybridized carbons (Fsp3) is 0.235. The monoisotopic (exact) mass is 392 g/mol. The summed E-state index contributed by atoms with van der Waals surface area (Å²) in [6.45, 7) is 2.27. The van der Waals surface area contributed by atoms with Crippen molar-refractivity contribution >= 4 is 39.9 Å². The van der Waals surface area contributed by atoms with Crippen molar-refractivity contribution in [1.29, 1.82) is 0 Å². The highest BCUT2D eigenvalue weighted by Crippen LogP contribution is 2.22.